The van der Waals surface area contributed by atoms with Gasteiger partial charge < -0.3 is 64.6 Å². The van der Waals surface area contributed by atoms with Crippen LogP contribution in [0, 0.1) is 0 Å². The summed E-state index contributed by atoms with van der Waals surface area (Å²) in [7, 11) is 0. The van der Waals surface area contributed by atoms with E-state index >= 15 is 0 Å². The minimum absolute atomic E-state index is 0.777. The molecule has 0 saturated carbocycles. The molecule has 0 spiro atoms. The van der Waals surface area contributed by atoms with Crippen LogP contribution in [0.5, 0.6) is 0 Å². The van der Waals surface area contributed by atoms with Crippen molar-refractivity contribution in [1.82, 2.24) is 53.2 Å². The first kappa shape index (κ1) is 44.5. The van der Waals surface area contributed by atoms with Crippen molar-refractivity contribution in [3.05, 3.63) is 0 Å². The zero-order valence-electron chi connectivity index (χ0n) is 29.5. The van der Waals surface area contributed by atoms with Gasteiger partial charge in [-0.2, -0.15) is 0 Å². The lowest BCUT2D eigenvalue weighted by molar-refractivity contribution is 0.532. The lowest BCUT2D eigenvalue weighted by Gasteiger charge is -2.09. The highest BCUT2D eigenvalue weighted by Gasteiger charge is 1.95. The highest BCUT2D eigenvalue weighted by atomic mass is 14.9. The van der Waals surface area contributed by atoms with Gasteiger partial charge in [-0.05, 0) is 215 Å². The third-order valence-electron chi connectivity index (χ3n) is 7.48. The molecule has 0 aliphatic heterocycles. The van der Waals surface area contributed by atoms with Crippen molar-refractivity contribution >= 4 is 0 Å². The maximum atomic E-state index is 5.49. The first-order valence-electron chi connectivity index (χ1n) is 18.9. The number of nitrogens with one attached hydrogen (secondary N) is 10. The Kier molecular flexibility index (Phi) is 43.1. The van der Waals surface area contributed by atoms with Crippen LogP contribution in [-0.4, -0.2) is 144 Å². The molecule has 12 heteroatoms. The van der Waals surface area contributed by atoms with Crippen molar-refractivity contribution in [3.63, 3.8) is 0 Å². The Labute approximate surface area is 279 Å². The van der Waals surface area contributed by atoms with Crippen molar-refractivity contribution in [2.24, 2.45) is 11.5 Å². The summed E-state index contributed by atoms with van der Waals surface area (Å²) in [5.41, 5.74) is 11.0. The van der Waals surface area contributed by atoms with Gasteiger partial charge in [0.25, 0.3) is 0 Å². The van der Waals surface area contributed by atoms with E-state index in [9.17, 15) is 0 Å². The lowest BCUT2D eigenvalue weighted by atomic mass is 10.3. The average Bonchev–Trinajstić information content (AvgIpc) is 3.05. The molecule has 0 fully saturated rings. The molecule has 272 valence electrons. The van der Waals surface area contributed by atoms with Crippen LogP contribution in [0.2, 0.25) is 0 Å². The molecule has 0 unspecified atom stereocenters. The summed E-state index contributed by atoms with van der Waals surface area (Å²) in [6.07, 6.45) is 12.9. The van der Waals surface area contributed by atoms with Crippen molar-refractivity contribution in [1.29, 1.82) is 0 Å². The van der Waals surface area contributed by atoms with Gasteiger partial charge >= 0.3 is 0 Å². The van der Waals surface area contributed by atoms with Gasteiger partial charge in [0.2, 0.25) is 0 Å². The van der Waals surface area contributed by atoms with Crippen LogP contribution in [-0.2, 0) is 0 Å². The molecule has 0 heterocycles. The SMILES string of the molecule is NCCCNCCCNCCCNCCCNCCCNCCCNCCCNCCCNCCCNCCCNCCCN. The van der Waals surface area contributed by atoms with Gasteiger partial charge in [0.05, 0.1) is 0 Å². The first-order chi connectivity index (χ1) is 22.4. The Morgan fingerprint density at radius 2 is 0.289 bits per heavy atom. The topological polar surface area (TPSA) is 172 Å². The largest absolute Gasteiger partial charge is 0.330 e. The Hall–Kier alpha value is -0.480. The molecule has 0 aromatic heterocycles. The van der Waals surface area contributed by atoms with Gasteiger partial charge in [-0.1, -0.05) is 0 Å². The predicted octanol–water partition coefficient (Wildman–Crippen LogP) is -0.909. The van der Waals surface area contributed by atoms with Gasteiger partial charge in [-0.3, -0.25) is 0 Å². The van der Waals surface area contributed by atoms with Crippen LogP contribution in [0.25, 0.3) is 0 Å². The minimum Gasteiger partial charge on any atom is -0.330 e. The van der Waals surface area contributed by atoms with Crippen LogP contribution < -0.4 is 64.6 Å². The number of hydrogen-bond donors (Lipinski definition) is 12. The monoisotopic (exact) mass is 645 g/mol. The van der Waals surface area contributed by atoms with Gasteiger partial charge in [0.1, 0.15) is 0 Å². The summed E-state index contributed by atoms with van der Waals surface area (Å²) < 4.78 is 0. The normalized spacial score (nSPS) is 11.6. The van der Waals surface area contributed by atoms with E-state index in [1.54, 1.807) is 0 Å². The Bertz CT molecular complexity index is 462. The second kappa shape index (κ2) is 43.5. The molecule has 0 aromatic rings. The van der Waals surface area contributed by atoms with E-state index in [0.717, 1.165) is 157 Å². The quantitative estimate of drug-likeness (QED) is 0.0370. The van der Waals surface area contributed by atoms with E-state index in [1.165, 1.54) is 57.8 Å². The molecule has 45 heavy (non-hydrogen) atoms. The molecule has 0 aliphatic rings. The van der Waals surface area contributed by atoms with Crippen LogP contribution in [0.4, 0.5) is 0 Å². The van der Waals surface area contributed by atoms with E-state index in [2.05, 4.69) is 53.2 Å². The van der Waals surface area contributed by atoms with Gasteiger partial charge in [-0.15, -0.1) is 0 Å². The number of rotatable bonds is 42. The van der Waals surface area contributed by atoms with E-state index in [1.807, 2.05) is 0 Å². The molecule has 0 radical (unpaired) electrons. The molecule has 0 bridgehead atoms. The summed E-state index contributed by atoms with van der Waals surface area (Å²) in [5.74, 6) is 0. The zero-order chi connectivity index (χ0) is 32.4. The predicted molar refractivity (Wildman–Crippen MR) is 198 cm³/mol. The van der Waals surface area contributed by atoms with E-state index in [0.29, 0.717) is 0 Å². The fourth-order valence-corrected chi connectivity index (χ4v) is 4.75. The van der Waals surface area contributed by atoms with Gasteiger partial charge in [-0.25, -0.2) is 0 Å². The summed E-state index contributed by atoms with van der Waals surface area (Å²) in [6, 6.07) is 0. The molecule has 0 atom stereocenters. The minimum atomic E-state index is 0.777. The lowest BCUT2D eigenvalue weighted by Crippen LogP contribution is -2.29. The summed E-state index contributed by atoms with van der Waals surface area (Å²) in [4.78, 5) is 0. The fourth-order valence-electron chi connectivity index (χ4n) is 4.75. The fraction of sp³-hybridized carbons (Fsp3) is 1.00. The molecule has 12 nitrogen and oxygen atoms in total. The van der Waals surface area contributed by atoms with E-state index in [4.69, 9.17) is 11.5 Å². The number of nitrogens with two attached hydrogens (primary N) is 2. The summed E-state index contributed by atoms with van der Waals surface area (Å²) >= 11 is 0. The van der Waals surface area contributed by atoms with Crippen LogP contribution in [0.1, 0.15) is 70.6 Å². The molecular formula is C33H80N12. The Balaban J connectivity index is 3.03. The molecule has 14 N–H and O–H groups in total. The van der Waals surface area contributed by atoms with Crippen molar-refractivity contribution in [2.75, 3.05) is 144 Å². The van der Waals surface area contributed by atoms with Crippen LogP contribution in [0.15, 0.2) is 0 Å². The summed E-state index contributed by atoms with van der Waals surface area (Å²) in [6.45, 7) is 23.4. The highest BCUT2D eigenvalue weighted by Crippen LogP contribution is 1.83. The molecule has 0 aromatic carbocycles. The maximum Gasteiger partial charge on any atom is -0.00368 e. The molecule has 0 amide bonds. The zero-order valence-corrected chi connectivity index (χ0v) is 29.5. The van der Waals surface area contributed by atoms with E-state index in [-0.39, 0.29) is 0 Å². The summed E-state index contributed by atoms with van der Waals surface area (Å²) in [5, 5.41) is 35.2. The van der Waals surface area contributed by atoms with Crippen LogP contribution >= 0.6 is 0 Å². The van der Waals surface area contributed by atoms with E-state index < -0.39 is 0 Å². The third kappa shape index (κ3) is 43.5. The molecule has 0 rings (SSSR count). The second-order valence-corrected chi connectivity index (χ2v) is 12.0. The van der Waals surface area contributed by atoms with Gasteiger partial charge in [0.15, 0.2) is 0 Å². The van der Waals surface area contributed by atoms with Gasteiger partial charge in [0, 0.05) is 0 Å². The van der Waals surface area contributed by atoms with Crippen molar-refractivity contribution in [2.45, 2.75) is 70.6 Å². The number of hydrogen-bond acceptors (Lipinski definition) is 12. The Morgan fingerprint density at radius 1 is 0.178 bits per heavy atom. The molecular weight excluding hydrogens is 564 g/mol. The highest BCUT2D eigenvalue weighted by molar-refractivity contribution is 4.59. The second-order valence-electron chi connectivity index (χ2n) is 12.0. The smallest absolute Gasteiger partial charge is 0.00368 e. The first-order valence-corrected chi connectivity index (χ1v) is 18.9. The standard InChI is InChI=1S/C33H80N12/c34-12-1-14-36-16-3-18-38-20-5-22-40-24-7-26-42-28-9-30-44-32-11-33-45-31-10-29-43-27-8-25-41-23-6-21-39-19-4-17-37-15-2-13-35/h36-45H,1-35H2. The van der Waals surface area contributed by atoms with Crippen molar-refractivity contribution < 1.29 is 0 Å². The average molecular weight is 645 g/mol. The third-order valence-corrected chi connectivity index (χ3v) is 7.48. The Morgan fingerprint density at radius 3 is 0.400 bits per heavy atom. The maximum absolute atomic E-state index is 5.49. The van der Waals surface area contributed by atoms with Crippen molar-refractivity contribution in [3.8, 4) is 0 Å². The molecule has 0 saturated heterocycles. The molecule has 0 aliphatic carbocycles. The van der Waals surface area contributed by atoms with Crippen LogP contribution in [0.3, 0.4) is 0 Å².